The molecule has 5 heteroatoms. The zero-order valence-corrected chi connectivity index (χ0v) is 10.7. The first-order valence-corrected chi connectivity index (χ1v) is 6.10. The number of nitrogens with zero attached hydrogens (tertiary/aromatic N) is 4. The smallest absolute Gasteiger partial charge is 0.204 e. The van der Waals surface area contributed by atoms with Gasteiger partial charge in [0, 0.05) is 6.20 Å². The molecule has 0 amide bonds. The molecule has 0 radical (unpaired) electrons. The maximum atomic E-state index is 8.78. The summed E-state index contributed by atoms with van der Waals surface area (Å²) >= 11 is 6.15. The van der Waals surface area contributed by atoms with Crippen molar-refractivity contribution in [2.75, 3.05) is 0 Å². The highest BCUT2D eigenvalue weighted by Crippen LogP contribution is 2.20. The van der Waals surface area contributed by atoms with Gasteiger partial charge in [0.2, 0.25) is 5.28 Å². The van der Waals surface area contributed by atoms with Gasteiger partial charge < -0.3 is 4.57 Å². The summed E-state index contributed by atoms with van der Waals surface area (Å²) in [5.41, 5.74) is 3.43. The van der Waals surface area contributed by atoms with Gasteiger partial charge in [0.05, 0.1) is 35.4 Å². The maximum Gasteiger partial charge on any atom is 0.204 e. The largest absolute Gasteiger partial charge is 0.309 e. The fourth-order valence-electron chi connectivity index (χ4n) is 1.96. The molecule has 4 nitrogen and oxygen atoms in total. The van der Waals surface area contributed by atoms with Gasteiger partial charge in [0.1, 0.15) is 0 Å². The van der Waals surface area contributed by atoms with Crippen LogP contribution in [0.5, 0.6) is 0 Å². The third-order valence-corrected chi connectivity index (χ3v) is 3.22. The van der Waals surface area contributed by atoms with Crippen LogP contribution in [0.15, 0.2) is 42.7 Å². The lowest BCUT2D eigenvalue weighted by molar-refractivity contribution is 0.824. The van der Waals surface area contributed by atoms with Crippen molar-refractivity contribution in [1.29, 1.82) is 5.26 Å². The number of hydrogen-bond donors (Lipinski definition) is 0. The molecule has 0 unspecified atom stereocenters. The molecule has 0 N–H and O–H groups in total. The van der Waals surface area contributed by atoms with Gasteiger partial charge in [0.15, 0.2) is 0 Å². The van der Waals surface area contributed by atoms with E-state index in [0.29, 0.717) is 17.4 Å². The van der Waals surface area contributed by atoms with Gasteiger partial charge in [-0.05, 0) is 35.4 Å². The van der Waals surface area contributed by atoms with Crippen LogP contribution in [-0.2, 0) is 6.54 Å². The lowest BCUT2D eigenvalue weighted by atomic mass is 10.1. The summed E-state index contributed by atoms with van der Waals surface area (Å²) in [6.07, 6.45) is 3.44. The second kappa shape index (κ2) is 4.71. The Morgan fingerprint density at radius 2 is 2.00 bits per heavy atom. The van der Waals surface area contributed by atoms with Crippen LogP contribution >= 0.6 is 11.6 Å². The van der Waals surface area contributed by atoms with Crippen LogP contribution in [0.1, 0.15) is 11.1 Å². The Morgan fingerprint density at radius 3 is 2.74 bits per heavy atom. The fourth-order valence-corrected chi connectivity index (χ4v) is 2.20. The van der Waals surface area contributed by atoms with E-state index in [-0.39, 0.29) is 0 Å². The number of aromatic nitrogens is 3. The lowest BCUT2D eigenvalue weighted by Crippen LogP contribution is -1.99. The van der Waals surface area contributed by atoms with Gasteiger partial charge in [-0.25, -0.2) is 4.98 Å². The van der Waals surface area contributed by atoms with Crippen LogP contribution in [-0.4, -0.2) is 14.5 Å². The van der Waals surface area contributed by atoms with Crippen LogP contribution in [0.2, 0.25) is 5.28 Å². The first-order chi connectivity index (χ1) is 9.28. The topological polar surface area (TPSA) is 54.5 Å². The third-order valence-electron chi connectivity index (χ3n) is 2.93. The van der Waals surface area contributed by atoms with Crippen LogP contribution in [0.25, 0.3) is 11.0 Å². The van der Waals surface area contributed by atoms with E-state index in [4.69, 9.17) is 16.9 Å². The summed E-state index contributed by atoms with van der Waals surface area (Å²) < 4.78 is 1.89. The Balaban J connectivity index is 2.00. The molecule has 1 aromatic carbocycles. The van der Waals surface area contributed by atoms with Crippen molar-refractivity contribution in [3.8, 4) is 6.07 Å². The summed E-state index contributed by atoms with van der Waals surface area (Å²) in [6, 6.07) is 11.3. The van der Waals surface area contributed by atoms with E-state index in [1.165, 1.54) is 0 Å². The van der Waals surface area contributed by atoms with Gasteiger partial charge in [-0.1, -0.05) is 12.1 Å². The zero-order chi connectivity index (χ0) is 13.2. The molecule has 0 aliphatic carbocycles. The Morgan fingerprint density at radius 1 is 1.21 bits per heavy atom. The SMILES string of the molecule is N#Cc1ccc(Cn2c(Cl)nc3ccncc32)cc1. The highest BCUT2D eigenvalue weighted by molar-refractivity contribution is 6.29. The van der Waals surface area contributed by atoms with E-state index in [2.05, 4.69) is 16.0 Å². The van der Waals surface area contributed by atoms with Crippen molar-refractivity contribution >= 4 is 22.6 Å². The standard InChI is InChI=1S/C14H9ClN4/c15-14-18-12-5-6-17-8-13(12)19(14)9-11-3-1-10(7-16)2-4-11/h1-6,8H,9H2. The summed E-state index contributed by atoms with van der Waals surface area (Å²) in [4.78, 5) is 8.37. The third kappa shape index (κ3) is 2.16. The first-order valence-electron chi connectivity index (χ1n) is 5.73. The molecule has 0 aliphatic rings. The van der Waals surface area contributed by atoms with Gasteiger partial charge >= 0.3 is 0 Å². The molecule has 3 aromatic rings. The molecule has 0 atom stereocenters. The van der Waals surface area contributed by atoms with Gasteiger partial charge in [-0.3, -0.25) is 4.98 Å². The fraction of sp³-hybridized carbons (Fsp3) is 0.0714. The van der Waals surface area contributed by atoms with Gasteiger partial charge in [0.25, 0.3) is 0 Å². The molecular formula is C14H9ClN4. The second-order valence-electron chi connectivity index (χ2n) is 4.14. The second-order valence-corrected chi connectivity index (χ2v) is 4.48. The number of hydrogen-bond acceptors (Lipinski definition) is 3. The minimum Gasteiger partial charge on any atom is -0.309 e. The highest BCUT2D eigenvalue weighted by atomic mass is 35.5. The van der Waals surface area contributed by atoms with E-state index >= 15 is 0 Å². The van der Waals surface area contributed by atoms with E-state index < -0.39 is 0 Å². The minimum absolute atomic E-state index is 0.437. The lowest BCUT2D eigenvalue weighted by Gasteiger charge is -2.05. The number of imidazole rings is 1. The Hall–Kier alpha value is -2.38. The molecule has 0 saturated carbocycles. The number of halogens is 1. The van der Waals surface area contributed by atoms with Crippen molar-refractivity contribution in [3.05, 3.63) is 59.1 Å². The molecule has 19 heavy (non-hydrogen) atoms. The summed E-state index contributed by atoms with van der Waals surface area (Å²) in [6.45, 7) is 0.604. The molecular weight excluding hydrogens is 260 g/mol. The molecule has 0 fully saturated rings. The number of benzene rings is 1. The summed E-state index contributed by atoms with van der Waals surface area (Å²) in [7, 11) is 0. The number of nitriles is 1. The molecule has 2 heterocycles. The Kier molecular flexibility index (Phi) is 2.90. The normalized spacial score (nSPS) is 10.5. The van der Waals surface area contributed by atoms with Crippen LogP contribution in [0.4, 0.5) is 0 Å². The number of pyridine rings is 1. The van der Waals surface area contributed by atoms with Gasteiger partial charge in [-0.2, -0.15) is 5.26 Å². The van der Waals surface area contributed by atoms with E-state index in [1.54, 1.807) is 24.5 Å². The molecule has 0 spiro atoms. The number of rotatable bonds is 2. The number of fused-ring (bicyclic) bond motifs is 1. The van der Waals surface area contributed by atoms with Gasteiger partial charge in [-0.15, -0.1) is 0 Å². The monoisotopic (exact) mass is 268 g/mol. The van der Waals surface area contributed by atoms with Crippen molar-refractivity contribution in [1.82, 2.24) is 14.5 Å². The molecule has 92 valence electrons. The van der Waals surface area contributed by atoms with Crippen molar-refractivity contribution in [3.63, 3.8) is 0 Å². The predicted octanol–water partition coefficient (Wildman–Crippen LogP) is 3.00. The molecule has 0 aliphatic heterocycles. The first kappa shape index (κ1) is 11.7. The average Bonchev–Trinajstić information content (AvgIpc) is 2.76. The molecule has 2 aromatic heterocycles. The van der Waals surface area contributed by atoms with Crippen LogP contribution < -0.4 is 0 Å². The predicted molar refractivity (Wildman–Crippen MR) is 72.8 cm³/mol. The van der Waals surface area contributed by atoms with E-state index in [0.717, 1.165) is 16.6 Å². The Labute approximate surface area is 114 Å². The molecule has 3 rings (SSSR count). The van der Waals surface area contributed by atoms with Crippen molar-refractivity contribution in [2.24, 2.45) is 0 Å². The quantitative estimate of drug-likeness (QED) is 0.718. The van der Waals surface area contributed by atoms with Crippen LogP contribution in [0, 0.1) is 11.3 Å². The van der Waals surface area contributed by atoms with Crippen molar-refractivity contribution < 1.29 is 0 Å². The summed E-state index contributed by atoms with van der Waals surface area (Å²) in [5, 5.41) is 9.21. The highest BCUT2D eigenvalue weighted by Gasteiger charge is 2.08. The van der Waals surface area contributed by atoms with E-state index in [1.807, 2.05) is 22.8 Å². The van der Waals surface area contributed by atoms with E-state index in [9.17, 15) is 0 Å². The minimum atomic E-state index is 0.437. The summed E-state index contributed by atoms with van der Waals surface area (Å²) in [5.74, 6) is 0. The molecule has 0 saturated heterocycles. The Bertz CT molecular complexity index is 768. The zero-order valence-electron chi connectivity index (χ0n) is 9.92. The average molecular weight is 269 g/mol. The van der Waals surface area contributed by atoms with Crippen LogP contribution in [0.3, 0.4) is 0 Å². The van der Waals surface area contributed by atoms with Crippen molar-refractivity contribution in [2.45, 2.75) is 6.54 Å². The maximum absolute atomic E-state index is 8.78. The molecule has 0 bridgehead atoms.